The van der Waals surface area contributed by atoms with Crippen LogP contribution in [0.2, 0.25) is 0 Å². The van der Waals surface area contributed by atoms with E-state index in [1.807, 2.05) is 63.2 Å². The molecule has 2 aromatic carbocycles. The first-order valence-electron chi connectivity index (χ1n) is 10.4. The molecule has 30 heavy (non-hydrogen) atoms. The van der Waals surface area contributed by atoms with Gasteiger partial charge in [-0.2, -0.15) is 4.31 Å². The van der Waals surface area contributed by atoms with Crippen LogP contribution in [0.1, 0.15) is 43.0 Å². The fourth-order valence-electron chi connectivity index (χ4n) is 4.91. The van der Waals surface area contributed by atoms with E-state index in [4.69, 9.17) is 0 Å². The van der Waals surface area contributed by atoms with Crippen molar-refractivity contribution in [2.75, 3.05) is 6.54 Å². The Morgan fingerprint density at radius 2 is 1.57 bits per heavy atom. The van der Waals surface area contributed by atoms with E-state index in [-0.39, 0.29) is 17.4 Å². The zero-order valence-electron chi connectivity index (χ0n) is 19.0. The third-order valence-electron chi connectivity index (χ3n) is 6.00. The molecule has 2 aromatic rings. The molecule has 0 bridgehead atoms. The van der Waals surface area contributed by atoms with Crippen LogP contribution in [-0.2, 0) is 10.0 Å². The molecule has 0 amide bonds. The van der Waals surface area contributed by atoms with Crippen LogP contribution in [0, 0.1) is 32.1 Å². The summed E-state index contributed by atoms with van der Waals surface area (Å²) >= 11 is 0. The second-order valence-corrected chi connectivity index (χ2v) is 11.4. The highest BCUT2D eigenvalue weighted by atomic mass is 32.2. The highest BCUT2D eigenvalue weighted by Gasteiger charge is 2.50. The monoisotopic (exact) mass is 423 g/mol. The molecule has 4 heteroatoms. The lowest BCUT2D eigenvalue weighted by molar-refractivity contribution is 0.196. The molecular weight excluding hydrogens is 390 g/mol. The van der Waals surface area contributed by atoms with Gasteiger partial charge in [0, 0.05) is 18.5 Å². The summed E-state index contributed by atoms with van der Waals surface area (Å²) in [5.41, 5.74) is 5.20. The van der Waals surface area contributed by atoms with Crippen LogP contribution in [0.4, 0.5) is 0 Å². The van der Waals surface area contributed by atoms with Crippen LogP contribution in [0.25, 0.3) is 5.57 Å². The van der Waals surface area contributed by atoms with Gasteiger partial charge in [-0.25, -0.2) is 8.42 Å². The van der Waals surface area contributed by atoms with Crippen LogP contribution in [0.3, 0.4) is 0 Å². The van der Waals surface area contributed by atoms with Gasteiger partial charge in [0.15, 0.2) is 0 Å². The summed E-state index contributed by atoms with van der Waals surface area (Å²) in [6, 6.07) is 13.6. The molecule has 1 fully saturated rings. The number of benzene rings is 2. The standard InChI is InChI=1S/C26H33NO2S/c1-17-14-18(2)24(19(3)15-17)30(28,29)27-16-20(4)23(25(27)26(6,7)8)21(5)22-12-10-9-11-13-22/h9-15,23,25H,4-5,16H2,1-3,6-8H3/t23-,25-/m1/s1. The molecule has 3 nitrogen and oxygen atoms in total. The minimum Gasteiger partial charge on any atom is -0.207 e. The van der Waals surface area contributed by atoms with Gasteiger partial charge < -0.3 is 0 Å². The highest BCUT2D eigenvalue weighted by Crippen LogP contribution is 2.47. The summed E-state index contributed by atoms with van der Waals surface area (Å²) in [7, 11) is -3.70. The fraction of sp³-hybridized carbons (Fsp3) is 0.385. The predicted octanol–water partition coefficient (Wildman–Crippen LogP) is 5.92. The van der Waals surface area contributed by atoms with E-state index in [9.17, 15) is 8.42 Å². The Balaban J connectivity index is 2.14. The largest absolute Gasteiger partial charge is 0.244 e. The normalized spacial score (nSPS) is 20.5. The molecule has 0 unspecified atom stereocenters. The summed E-state index contributed by atoms with van der Waals surface area (Å²) in [6.45, 7) is 21.0. The molecule has 160 valence electrons. The van der Waals surface area contributed by atoms with Gasteiger partial charge in [-0.05, 0) is 48.4 Å². The van der Waals surface area contributed by atoms with Crippen LogP contribution < -0.4 is 0 Å². The van der Waals surface area contributed by atoms with Gasteiger partial charge in [0.2, 0.25) is 10.0 Å². The van der Waals surface area contributed by atoms with E-state index in [1.54, 1.807) is 4.31 Å². The number of sulfonamides is 1. The Hall–Kier alpha value is -2.17. The van der Waals surface area contributed by atoms with Crippen molar-refractivity contribution >= 4 is 15.6 Å². The number of hydrogen-bond acceptors (Lipinski definition) is 2. The molecule has 2 atom stereocenters. The smallest absolute Gasteiger partial charge is 0.207 e. The van der Waals surface area contributed by atoms with E-state index in [0.29, 0.717) is 11.4 Å². The van der Waals surface area contributed by atoms with Gasteiger partial charge in [-0.1, -0.05) is 87.5 Å². The van der Waals surface area contributed by atoms with Crippen molar-refractivity contribution in [3.63, 3.8) is 0 Å². The molecular formula is C26H33NO2S. The van der Waals surface area contributed by atoms with Crippen molar-refractivity contribution in [1.82, 2.24) is 4.31 Å². The quantitative estimate of drug-likeness (QED) is 0.573. The van der Waals surface area contributed by atoms with E-state index in [2.05, 4.69) is 33.9 Å². The van der Waals surface area contributed by atoms with Gasteiger partial charge in [0.05, 0.1) is 4.90 Å². The van der Waals surface area contributed by atoms with Crippen LogP contribution >= 0.6 is 0 Å². The molecule has 1 aliphatic heterocycles. The first-order valence-corrected chi connectivity index (χ1v) is 11.8. The Kier molecular flexibility index (Phi) is 5.87. The maximum Gasteiger partial charge on any atom is 0.244 e. The number of rotatable bonds is 4. The summed E-state index contributed by atoms with van der Waals surface area (Å²) in [5.74, 6) is -0.131. The number of nitrogens with zero attached hydrogens (tertiary/aromatic N) is 1. The van der Waals surface area contributed by atoms with E-state index < -0.39 is 10.0 Å². The first kappa shape index (κ1) is 22.5. The second-order valence-electron chi connectivity index (χ2n) is 9.62. The molecule has 1 heterocycles. The molecule has 0 aromatic heterocycles. The second kappa shape index (κ2) is 7.82. The van der Waals surface area contributed by atoms with Crippen molar-refractivity contribution < 1.29 is 8.42 Å². The van der Waals surface area contributed by atoms with Gasteiger partial charge in [0.25, 0.3) is 0 Å². The van der Waals surface area contributed by atoms with Crippen LogP contribution in [-0.4, -0.2) is 25.3 Å². The molecule has 0 N–H and O–H groups in total. The Bertz CT molecular complexity index is 1070. The lowest BCUT2D eigenvalue weighted by Gasteiger charge is -2.38. The predicted molar refractivity (Wildman–Crippen MR) is 126 cm³/mol. The van der Waals surface area contributed by atoms with Crippen molar-refractivity contribution in [1.29, 1.82) is 0 Å². The summed E-state index contributed by atoms with van der Waals surface area (Å²) in [5, 5.41) is 0. The maximum absolute atomic E-state index is 13.9. The molecule has 0 spiro atoms. The lowest BCUT2D eigenvalue weighted by Crippen LogP contribution is -2.46. The van der Waals surface area contributed by atoms with Crippen molar-refractivity contribution in [2.24, 2.45) is 11.3 Å². The third-order valence-corrected chi connectivity index (χ3v) is 8.14. The summed E-state index contributed by atoms with van der Waals surface area (Å²) in [4.78, 5) is 0.418. The van der Waals surface area contributed by atoms with E-state index in [1.165, 1.54) is 0 Å². The van der Waals surface area contributed by atoms with Gasteiger partial charge in [-0.15, -0.1) is 0 Å². The molecule has 1 saturated heterocycles. The fourth-order valence-corrected chi connectivity index (χ4v) is 7.15. The third kappa shape index (κ3) is 3.91. The molecule has 0 aliphatic carbocycles. The summed E-state index contributed by atoms with van der Waals surface area (Å²) < 4.78 is 29.6. The minimum atomic E-state index is -3.70. The van der Waals surface area contributed by atoms with Gasteiger partial charge >= 0.3 is 0 Å². The van der Waals surface area contributed by atoms with Crippen LogP contribution in [0.15, 0.2) is 66.1 Å². The topological polar surface area (TPSA) is 37.4 Å². The van der Waals surface area contributed by atoms with Crippen molar-refractivity contribution in [3.8, 4) is 0 Å². The maximum atomic E-state index is 13.9. The Labute approximate surface area is 182 Å². The van der Waals surface area contributed by atoms with Crippen LogP contribution in [0.5, 0.6) is 0 Å². The van der Waals surface area contributed by atoms with Crippen molar-refractivity contribution in [2.45, 2.75) is 52.5 Å². The zero-order chi connectivity index (χ0) is 22.4. The average molecular weight is 424 g/mol. The molecule has 0 saturated carbocycles. The van der Waals surface area contributed by atoms with Gasteiger partial charge in [0.1, 0.15) is 0 Å². The minimum absolute atomic E-state index is 0.131. The van der Waals surface area contributed by atoms with Crippen molar-refractivity contribution in [3.05, 3.63) is 83.4 Å². The lowest BCUT2D eigenvalue weighted by atomic mass is 9.74. The number of aryl methyl sites for hydroxylation is 3. The molecule has 3 rings (SSSR count). The first-order chi connectivity index (χ1) is 13.9. The zero-order valence-corrected chi connectivity index (χ0v) is 19.8. The Morgan fingerprint density at radius 3 is 2.07 bits per heavy atom. The van der Waals surface area contributed by atoms with E-state index in [0.717, 1.165) is 33.4 Å². The Morgan fingerprint density at radius 1 is 1.03 bits per heavy atom. The molecule has 0 radical (unpaired) electrons. The van der Waals surface area contributed by atoms with E-state index >= 15 is 0 Å². The van der Waals surface area contributed by atoms with Gasteiger partial charge in [-0.3, -0.25) is 0 Å². The highest BCUT2D eigenvalue weighted by molar-refractivity contribution is 7.89. The molecule has 1 aliphatic rings. The summed E-state index contributed by atoms with van der Waals surface area (Å²) in [6.07, 6.45) is 0. The number of hydrogen-bond donors (Lipinski definition) is 0. The SMILES string of the molecule is C=C1CN(S(=O)(=O)c2c(C)cc(C)cc2C)[C@@H](C(C)(C)C)[C@H]1C(=C)c1ccccc1. The average Bonchev–Trinajstić information content (AvgIpc) is 2.99.